The molecule has 2 rings (SSSR count). The maximum atomic E-state index is 13.0. The molecule has 6 nitrogen and oxygen atoms in total. The number of ether oxygens (including phenoxy) is 2. The number of hydrogen-bond donors (Lipinski definition) is 1. The molecule has 2 aromatic carbocycles. The molecule has 0 bridgehead atoms. The van der Waals surface area contributed by atoms with Gasteiger partial charge in [0.05, 0.1) is 23.8 Å². The number of anilines is 1. The highest BCUT2D eigenvalue weighted by atomic mass is 19.1. The molecule has 0 saturated carbocycles. The molecule has 0 aliphatic rings. The number of nitrogens with two attached hydrogens (primary N) is 1. The van der Waals surface area contributed by atoms with Gasteiger partial charge in [-0.25, -0.2) is 4.39 Å². The number of rotatable bonds is 4. The third-order valence-electron chi connectivity index (χ3n) is 2.55. The van der Waals surface area contributed by atoms with Gasteiger partial charge in [-0.05, 0) is 18.2 Å². The number of halogens is 1. The van der Waals surface area contributed by atoms with E-state index in [1.807, 2.05) is 0 Å². The van der Waals surface area contributed by atoms with Crippen LogP contribution in [-0.4, -0.2) is 12.0 Å². The third-order valence-corrected chi connectivity index (χ3v) is 2.55. The smallest absolute Gasteiger partial charge is 0.273 e. The van der Waals surface area contributed by atoms with E-state index in [0.717, 1.165) is 0 Å². The van der Waals surface area contributed by atoms with Gasteiger partial charge in [0.15, 0.2) is 11.5 Å². The first-order chi connectivity index (χ1) is 9.51. The fourth-order valence-corrected chi connectivity index (χ4v) is 1.57. The number of nitro benzene ring substituents is 1. The molecule has 0 amide bonds. The predicted molar refractivity (Wildman–Crippen MR) is 70.5 cm³/mol. The van der Waals surface area contributed by atoms with Gasteiger partial charge < -0.3 is 15.2 Å². The van der Waals surface area contributed by atoms with Gasteiger partial charge in [0.25, 0.3) is 5.69 Å². The summed E-state index contributed by atoms with van der Waals surface area (Å²) in [6.45, 7) is 0. The number of methoxy groups -OCH3 is 1. The summed E-state index contributed by atoms with van der Waals surface area (Å²) in [5.74, 6) is 0.218. The first-order valence-corrected chi connectivity index (χ1v) is 5.56. The van der Waals surface area contributed by atoms with E-state index in [1.165, 1.54) is 43.5 Å². The second-order valence-electron chi connectivity index (χ2n) is 3.88. The first-order valence-electron chi connectivity index (χ1n) is 5.56. The van der Waals surface area contributed by atoms with Crippen LogP contribution in [0.1, 0.15) is 0 Å². The van der Waals surface area contributed by atoms with E-state index in [1.54, 1.807) is 0 Å². The molecule has 20 heavy (non-hydrogen) atoms. The summed E-state index contributed by atoms with van der Waals surface area (Å²) in [5, 5.41) is 10.7. The zero-order chi connectivity index (χ0) is 14.7. The molecule has 0 saturated heterocycles. The Morgan fingerprint density at radius 1 is 1.20 bits per heavy atom. The standard InChI is InChI=1S/C13H11FN2O4/c1-19-13-6-8(16(17)18)2-5-12(13)20-9-3-4-10(14)11(15)7-9/h2-7H,15H2,1H3. The van der Waals surface area contributed by atoms with Crippen LogP contribution in [-0.2, 0) is 0 Å². The van der Waals surface area contributed by atoms with Crippen molar-refractivity contribution in [2.24, 2.45) is 0 Å². The van der Waals surface area contributed by atoms with Gasteiger partial charge in [-0.3, -0.25) is 10.1 Å². The van der Waals surface area contributed by atoms with Crippen LogP contribution in [0.2, 0.25) is 0 Å². The highest BCUT2D eigenvalue weighted by Crippen LogP contribution is 2.35. The molecule has 0 atom stereocenters. The number of non-ortho nitro benzene ring substituents is 1. The van der Waals surface area contributed by atoms with Gasteiger partial charge in [-0.2, -0.15) is 0 Å². The van der Waals surface area contributed by atoms with Crippen LogP contribution in [0.3, 0.4) is 0 Å². The first kappa shape index (κ1) is 13.6. The van der Waals surface area contributed by atoms with Crippen molar-refractivity contribution in [2.75, 3.05) is 12.8 Å². The van der Waals surface area contributed by atoms with Crippen molar-refractivity contribution in [3.05, 3.63) is 52.3 Å². The summed E-state index contributed by atoms with van der Waals surface area (Å²) in [6, 6.07) is 7.80. The summed E-state index contributed by atoms with van der Waals surface area (Å²) >= 11 is 0. The Hall–Kier alpha value is -2.83. The number of nitro groups is 1. The van der Waals surface area contributed by atoms with E-state index >= 15 is 0 Å². The van der Waals surface area contributed by atoms with Crippen LogP contribution >= 0.6 is 0 Å². The SMILES string of the molecule is COc1cc([N+](=O)[O-])ccc1Oc1ccc(F)c(N)c1. The molecule has 7 heteroatoms. The van der Waals surface area contributed by atoms with E-state index in [2.05, 4.69) is 0 Å². The molecule has 0 aromatic heterocycles. The Balaban J connectivity index is 2.32. The van der Waals surface area contributed by atoms with Crippen LogP contribution in [0.4, 0.5) is 15.8 Å². The van der Waals surface area contributed by atoms with Gasteiger partial charge in [0, 0.05) is 12.1 Å². The van der Waals surface area contributed by atoms with Crippen molar-refractivity contribution in [3.8, 4) is 17.2 Å². The summed E-state index contributed by atoms with van der Waals surface area (Å²) < 4.78 is 23.5. The number of nitrogen functional groups attached to an aromatic ring is 1. The van der Waals surface area contributed by atoms with E-state index < -0.39 is 10.7 Å². The molecule has 0 radical (unpaired) electrons. The Bertz CT molecular complexity index is 661. The summed E-state index contributed by atoms with van der Waals surface area (Å²) in [5.41, 5.74) is 5.26. The molecule has 0 aliphatic carbocycles. The predicted octanol–water partition coefficient (Wildman–Crippen LogP) is 3.12. The summed E-state index contributed by atoms with van der Waals surface area (Å²) in [4.78, 5) is 10.1. The minimum absolute atomic E-state index is 0.0524. The van der Waals surface area contributed by atoms with Crippen molar-refractivity contribution in [1.29, 1.82) is 0 Å². The van der Waals surface area contributed by atoms with Gasteiger partial charge in [-0.15, -0.1) is 0 Å². The van der Waals surface area contributed by atoms with Gasteiger partial charge in [-0.1, -0.05) is 0 Å². The normalized spacial score (nSPS) is 10.1. The Morgan fingerprint density at radius 2 is 1.95 bits per heavy atom. The maximum Gasteiger partial charge on any atom is 0.273 e. The fourth-order valence-electron chi connectivity index (χ4n) is 1.57. The Kier molecular flexibility index (Phi) is 3.69. The number of hydrogen-bond acceptors (Lipinski definition) is 5. The van der Waals surface area contributed by atoms with E-state index in [0.29, 0.717) is 5.75 Å². The lowest BCUT2D eigenvalue weighted by Crippen LogP contribution is -1.95. The Labute approximate surface area is 113 Å². The average molecular weight is 278 g/mol. The average Bonchev–Trinajstić information content (AvgIpc) is 2.43. The van der Waals surface area contributed by atoms with Crippen LogP contribution in [0.25, 0.3) is 0 Å². The largest absolute Gasteiger partial charge is 0.493 e. The van der Waals surface area contributed by atoms with E-state index in [4.69, 9.17) is 15.2 Å². The monoisotopic (exact) mass is 278 g/mol. The van der Waals surface area contributed by atoms with Crippen molar-refractivity contribution < 1.29 is 18.8 Å². The third kappa shape index (κ3) is 2.77. The minimum Gasteiger partial charge on any atom is -0.493 e. The van der Waals surface area contributed by atoms with Crippen LogP contribution in [0.15, 0.2) is 36.4 Å². The number of benzene rings is 2. The lowest BCUT2D eigenvalue weighted by atomic mass is 10.2. The summed E-state index contributed by atoms with van der Waals surface area (Å²) in [6.07, 6.45) is 0. The van der Waals surface area contributed by atoms with Crippen molar-refractivity contribution in [3.63, 3.8) is 0 Å². The molecular weight excluding hydrogens is 267 g/mol. The van der Waals surface area contributed by atoms with Crippen molar-refractivity contribution >= 4 is 11.4 Å². The molecule has 0 unspecified atom stereocenters. The van der Waals surface area contributed by atoms with Crippen molar-refractivity contribution in [1.82, 2.24) is 0 Å². The lowest BCUT2D eigenvalue weighted by Gasteiger charge is -2.10. The zero-order valence-electron chi connectivity index (χ0n) is 10.5. The molecule has 2 N–H and O–H groups in total. The quantitative estimate of drug-likeness (QED) is 0.527. The molecule has 0 heterocycles. The van der Waals surface area contributed by atoms with Crippen LogP contribution in [0, 0.1) is 15.9 Å². The van der Waals surface area contributed by atoms with Gasteiger partial charge in [0.1, 0.15) is 11.6 Å². The molecule has 0 aliphatic heterocycles. The topological polar surface area (TPSA) is 87.6 Å². The fraction of sp³-hybridized carbons (Fsp3) is 0.0769. The minimum atomic E-state index is -0.548. The van der Waals surface area contributed by atoms with Crippen molar-refractivity contribution in [2.45, 2.75) is 0 Å². The molecule has 0 spiro atoms. The van der Waals surface area contributed by atoms with E-state index in [9.17, 15) is 14.5 Å². The zero-order valence-corrected chi connectivity index (χ0v) is 10.5. The molecular formula is C13H11FN2O4. The van der Waals surface area contributed by atoms with E-state index in [-0.39, 0.29) is 22.9 Å². The molecule has 0 fully saturated rings. The molecule has 104 valence electrons. The van der Waals surface area contributed by atoms with Gasteiger partial charge >= 0.3 is 0 Å². The number of nitrogens with zero attached hydrogens (tertiary/aromatic N) is 1. The highest BCUT2D eigenvalue weighted by molar-refractivity contribution is 5.52. The van der Waals surface area contributed by atoms with Gasteiger partial charge in [0.2, 0.25) is 0 Å². The lowest BCUT2D eigenvalue weighted by molar-refractivity contribution is -0.384. The second kappa shape index (κ2) is 5.43. The Morgan fingerprint density at radius 3 is 2.55 bits per heavy atom. The molecule has 2 aromatic rings. The summed E-state index contributed by atoms with van der Waals surface area (Å²) in [7, 11) is 1.37. The highest BCUT2D eigenvalue weighted by Gasteiger charge is 2.13. The maximum absolute atomic E-state index is 13.0. The second-order valence-corrected chi connectivity index (χ2v) is 3.88. The van der Waals surface area contributed by atoms with Crippen LogP contribution < -0.4 is 15.2 Å². The van der Waals surface area contributed by atoms with Crippen LogP contribution in [0.5, 0.6) is 17.2 Å².